The van der Waals surface area contributed by atoms with Crippen molar-refractivity contribution in [2.75, 3.05) is 20.8 Å². The third-order valence-electron chi connectivity index (χ3n) is 2.83. The Bertz CT molecular complexity index is 532. The van der Waals surface area contributed by atoms with Crippen molar-refractivity contribution in [3.63, 3.8) is 0 Å². The summed E-state index contributed by atoms with van der Waals surface area (Å²) >= 11 is 6.03. The van der Waals surface area contributed by atoms with E-state index in [-0.39, 0.29) is 29.8 Å². The van der Waals surface area contributed by atoms with Crippen LogP contribution >= 0.6 is 11.6 Å². The van der Waals surface area contributed by atoms with Gasteiger partial charge >= 0.3 is 5.97 Å². The second-order valence-corrected chi connectivity index (χ2v) is 5.01. The van der Waals surface area contributed by atoms with E-state index in [9.17, 15) is 9.59 Å². The van der Waals surface area contributed by atoms with Crippen LogP contribution in [0, 0.1) is 5.92 Å². The van der Waals surface area contributed by atoms with E-state index in [0.29, 0.717) is 17.1 Å². The van der Waals surface area contributed by atoms with E-state index in [1.54, 1.807) is 6.92 Å². The van der Waals surface area contributed by atoms with E-state index in [0.717, 1.165) is 0 Å². The average molecular weight is 316 g/mol. The summed E-state index contributed by atoms with van der Waals surface area (Å²) in [6, 6.07) is 2.99. The van der Waals surface area contributed by atoms with Crippen molar-refractivity contribution in [3.05, 3.63) is 22.7 Å². The number of rotatable bonds is 7. The molecule has 0 bridgehead atoms. The number of benzene rings is 1. The highest BCUT2D eigenvalue weighted by Crippen LogP contribution is 2.35. The zero-order valence-electron chi connectivity index (χ0n) is 12.1. The summed E-state index contributed by atoms with van der Waals surface area (Å²) in [6.45, 7) is 2.01. The Morgan fingerprint density at radius 1 is 1.33 bits per heavy atom. The predicted octanol–water partition coefficient (Wildman–Crippen LogP) is 2.20. The smallest absolute Gasteiger partial charge is 0.303 e. The number of aliphatic carboxylic acids is 1. The summed E-state index contributed by atoms with van der Waals surface area (Å²) in [6.07, 6.45) is -0.00697. The molecule has 1 aromatic rings. The van der Waals surface area contributed by atoms with Crippen LogP contribution in [0.5, 0.6) is 11.5 Å². The topological polar surface area (TPSA) is 84.9 Å². The average Bonchev–Trinajstić information content (AvgIpc) is 2.42. The Hall–Kier alpha value is -1.95. The zero-order valence-corrected chi connectivity index (χ0v) is 12.9. The number of amides is 1. The summed E-state index contributed by atoms with van der Waals surface area (Å²) in [5, 5.41) is 11.6. The number of carboxylic acid groups (broad SMARTS) is 1. The summed E-state index contributed by atoms with van der Waals surface area (Å²) in [4.78, 5) is 22.6. The Morgan fingerprint density at radius 2 is 2.00 bits per heavy atom. The number of hydrogen-bond donors (Lipinski definition) is 2. The van der Waals surface area contributed by atoms with Gasteiger partial charge in [0, 0.05) is 18.5 Å². The van der Waals surface area contributed by atoms with E-state index in [2.05, 4.69) is 5.32 Å². The standard InChI is InChI=1S/C14H18ClNO5/c1-8(4-12(17)18)7-16-14(19)9-5-10(15)13(21-3)11(6-9)20-2/h5-6,8H,4,7H2,1-3H3,(H,16,19)(H,17,18). The fourth-order valence-corrected chi connectivity index (χ4v) is 2.08. The van der Waals surface area contributed by atoms with Crippen molar-refractivity contribution in [1.29, 1.82) is 0 Å². The SMILES string of the molecule is COc1cc(C(=O)NCC(C)CC(=O)O)cc(Cl)c1OC. The molecule has 1 aromatic carbocycles. The van der Waals surface area contributed by atoms with Gasteiger partial charge in [-0.05, 0) is 18.1 Å². The Labute approximate surface area is 128 Å². The molecule has 0 aliphatic heterocycles. The van der Waals surface area contributed by atoms with Crippen LogP contribution in [-0.2, 0) is 4.79 Å². The molecule has 0 aromatic heterocycles. The van der Waals surface area contributed by atoms with Crippen LogP contribution in [0.3, 0.4) is 0 Å². The lowest BCUT2D eigenvalue weighted by molar-refractivity contribution is -0.137. The van der Waals surface area contributed by atoms with E-state index in [1.165, 1.54) is 26.4 Å². The fourth-order valence-electron chi connectivity index (χ4n) is 1.79. The number of hydrogen-bond acceptors (Lipinski definition) is 4. The van der Waals surface area contributed by atoms with Crippen LogP contribution < -0.4 is 14.8 Å². The summed E-state index contributed by atoms with van der Waals surface area (Å²) in [5.74, 6) is -0.702. The highest BCUT2D eigenvalue weighted by Gasteiger charge is 2.16. The highest BCUT2D eigenvalue weighted by molar-refractivity contribution is 6.32. The first kappa shape index (κ1) is 17.1. The molecule has 21 heavy (non-hydrogen) atoms. The van der Waals surface area contributed by atoms with Crippen molar-refractivity contribution in [1.82, 2.24) is 5.32 Å². The molecule has 0 aliphatic carbocycles. The maximum Gasteiger partial charge on any atom is 0.303 e. The first-order valence-electron chi connectivity index (χ1n) is 6.30. The molecule has 7 heteroatoms. The molecule has 6 nitrogen and oxygen atoms in total. The molecule has 2 N–H and O–H groups in total. The minimum atomic E-state index is -0.897. The van der Waals surface area contributed by atoms with Gasteiger partial charge in [0.05, 0.1) is 19.2 Å². The number of halogens is 1. The second kappa shape index (κ2) is 7.73. The molecule has 1 amide bonds. The van der Waals surface area contributed by atoms with Crippen molar-refractivity contribution in [2.45, 2.75) is 13.3 Å². The maximum absolute atomic E-state index is 12.0. The minimum absolute atomic E-state index is 0.00697. The normalized spacial score (nSPS) is 11.6. The van der Waals surface area contributed by atoms with Gasteiger partial charge in [-0.25, -0.2) is 0 Å². The molecule has 1 unspecified atom stereocenters. The number of ether oxygens (including phenoxy) is 2. The number of nitrogens with one attached hydrogen (secondary N) is 1. The fraction of sp³-hybridized carbons (Fsp3) is 0.429. The largest absolute Gasteiger partial charge is 0.493 e. The van der Waals surface area contributed by atoms with Gasteiger partial charge in [0.2, 0.25) is 0 Å². The lowest BCUT2D eigenvalue weighted by Gasteiger charge is -2.13. The first-order valence-corrected chi connectivity index (χ1v) is 6.68. The van der Waals surface area contributed by atoms with Gasteiger partial charge in [-0.1, -0.05) is 18.5 Å². The van der Waals surface area contributed by atoms with Crippen LogP contribution in [0.4, 0.5) is 0 Å². The zero-order chi connectivity index (χ0) is 16.0. The van der Waals surface area contributed by atoms with Crippen molar-refractivity contribution in [2.24, 2.45) is 5.92 Å². The van der Waals surface area contributed by atoms with E-state index in [4.69, 9.17) is 26.2 Å². The van der Waals surface area contributed by atoms with Crippen LogP contribution in [-0.4, -0.2) is 37.7 Å². The van der Waals surface area contributed by atoms with Crippen molar-refractivity contribution >= 4 is 23.5 Å². The van der Waals surface area contributed by atoms with Gasteiger partial charge in [0.15, 0.2) is 11.5 Å². The molecular weight excluding hydrogens is 298 g/mol. The van der Waals surface area contributed by atoms with Gasteiger partial charge in [0.25, 0.3) is 5.91 Å². The quantitative estimate of drug-likeness (QED) is 0.805. The molecule has 0 saturated heterocycles. The van der Waals surface area contributed by atoms with E-state index < -0.39 is 5.97 Å². The van der Waals surface area contributed by atoms with Gasteiger partial charge < -0.3 is 19.9 Å². The molecular formula is C14H18ClNO5. The third kappa shape index (κ3) is 4.82. The first-order chi connectivity index (χ1) is 9.88. The van der Waals surface area contributed by atoms with E-state index in [1.807, 2.05) is 0 Å². The molecule has 0 spiro atoms. The molecule has 0 radical (unpaired) electrons. The molecule has 116 valence electrons. The minimum Gasteiger partial charge on any atom is -0.493 e. The van der Waals surface area contributed by atoms with Crippen LogP contribution in [0.25, 0.3) is 0 Å². The predicted molar refractivity (Wildman–Crippen MR) is 78.3 cm³/mol. The van der Waals surface area contributed by atoms with Crippen LogP contribution in [0.15, 0.2) is 12.1 Å². The summed E-state index contributed by atoms with van der Waals surface area (Å²) in [7, 11) is 2.90. The van der Waals surface area contributed by atoms with Gasteiger partial charge in [0.1, 0.15) is 0 Å². The van der Waals surface area contributed by atoms with Crippen LogP contribution in [0.2, 0.25) is 5.02 Å². The summed E-state index contributed by atoms with van der Waals surface area (Å²) in [5.41, 5.74) is 0.320. The lowest BCUT2D eigenvalue weighted by atomic mass is 10.1. The monoisotopic (exact) mass is 315 g/mol. The Balaban J connectivity index is 2.79. The van der Waals surface area contributed by atoms with Gasteiger partial charge in [-0.3, -0.25) is 9.59 Å². The molecule has 0 saturated carbocycles. The highest BCUT2D eigenvalue weighted by atomic mass is 35.5. The number of carbonyl (C=O) groups is 2. The lowest BCUT2D eigenvalue weighted by Crippen LogP contribution is -2.29. The maximum atomic E-state index is 12.0. The molecule has 1 atom stereocenters. The van der Waals surface area contributed by atoms with Gasteiger partial charge in [-0.15, -0.1) is 0 Å². The number of carboxylic acids is 1. The number of methoxy groups -OCH3 is 2. The Morgan fingerprint density at radius 3 is 2.52 bits per heavy atom. The molecule has 0 fully saturated rings. The third-order valence-corrected chi connectivity index (χ3v) is 3.11. The summed E-state index contributed by atoms with van der Waals surface area (Å²) < 4.78 is 10.2. The van der Waals surface area contributed by atoms with Crippen molar-refractivity contribution in [3.8, 4) is 11.5 Å². The molecule has 0 aliphatic rings. The van der Waals surface area contributed by atoms with Crippen LogP contribution in [0.1, 0.15) is 23.7 Å². The van der Waals surface area contributed by atoms with Crippen molar-refractivity contribution < 1.29 is 24.2 Å². The molecule has 1 rings (SSSR count). The number of carbonyl (C=O) groups excluding carboxylic acids is 1. The van der Waals surface area contributed by atoms with E-state index >= 15 is 0 Å². The molecule has 0 heterocycles. The van der Waals surface area contributed by atoms with Gasteiger partial charge in [-0.2, -0.15) is 0 Å². The Kier molecular flexibility index (Phi) is 6.30. The second-order valence-electron chi connectivity index (χ2n) is 4.61.